The van der Waals surface area contributed by atoms with Crippen LogP contribution in [0.25, 0.3) is 0 Å². The Morgan fingerprint density at radius 2 is 1.84 bits per heavy atom. The van der Waals surface area contributed by atoms with Crippen molar-refractivity contribution in [3.63, 3.8) is 0 Å². The Balaban J connectivity index is 1.63. The molecule has 0 spiro atoms. The van der Waals surface area contributed by atoms with Crippen molar-refractivity contribution in [1.82, 2.24) is 10.3 Å². The Morgan fingerprint density at radius 1 is 1.16 bits per heavy atom. The van der Waals surface area contributed by atoms with Crippen molar-refractivity contribution in [2.75, 3.05) is 0 Å². The number of ketones is 1. The molecular weight excluding hydrogens is 338 g/mol. The molecule has 0 saturated heterocycles. The van der Waals surface area contributed by atoms with Crippen LogP contribution in [0.1, 0.15) is 34.5 Å². The summed E-state index contributed by atoms with van der Waals surface area (Å²) >= 11 is 5.84. The number of halogens is 1. The lowest BCUT2D eigenvalue weighted by molar-refractivity contribution is -0.117. The number of aromatic nitrogens is 1. The van der Waals surface area contributed by atoms with Crippen molar-refractivity contribution < 1.29 is 9.59 Å². The first-order valence-electron chi connectivity index (χ1n) is 7.94. The molecule has 126 valence electrons. The number of nitrogens with one attached hydrogen (secondary N) is 1. The first-order chi connectivity index (χ1) is 12.0. The summed E-state index contributed by atoms with van der Waals surface area (Å²) in [6.45, 7) is 0. The number of rotatable bonds is 6. The predicted octanol–water partition coefficient (Wildman–Crippen LogP) is 2.88. The van der Waals surface area contributed by atoms with Gasteiger partial charge < -0.3 is 5.32 Å². The fourth-order valence-corrected chi connectivity index (χ4v) is 2.63. The molecule has 0 atom stereocenters. The topological polar surface area (TPSA) is 82.9 Å². The molecule has 1 aliphatic carbocycles. The molecule has 1 fully saturated rings. The van der Waals surface area contributed by atoms with Crippen LogP contribution in [-0.4, -0.2) is 22.2 Å². The van der Waals surface area contributed by atoms with Gasteiger partial charge in [0.1, 0.15) is 17.0 Å². The van der Waals surface area contributed by atoms with Crippen molar-refractivity contribution in [2.24, 2.45) is 0 Å². The highest BCUT2D eigenvalue weighted by Crippen LogP contribution is 2.34. The number of benzene rings is 1. The van der Waals surface area contributed by atoms with E-state index in [1.54, 1.807) is 24.3 Å². The molecular formula is C19H16ClN3O2. The molecule has 6 heteroatoms. The largest absolute Gasteiger partial charge is 0.332 e. The molecule has 25 heavy (non-hydrogen) atoms. The van der Waals surface area contributed by atoms with Crippen molar-refractivity contribution in [2.45, 2.75) is 31.2 Å². The second-order valence-electron chi connectivity index (χ2n) is 6.22. The van der Waals surface area contributed by atoms with Crippen LogP contribution in [0.3, 0.4) is 0 Å². The van der Waals surface area contributed by atoms with Crippen molar-refractivity contribution >= 4 is 23.3 Å². The van der Waals surface area contributed by atoms with Crippen LogP contribution in [0.2, 0.25) is 5.02 Å². The van der Waals surface area contributed by atoms with Crippen LogP contribution >= 0.6 is 11.6 Å². The van der Waals surface area contributed by atoms with E-state index in [-0.39, 0.29) is 23.8 Å². The molecule has 0 radical (unpaired) electrons. The Labute approximate surface area is 150 Å². The van der Waals surface area contributed by atoms with Gasteiger partial charge in [0, 0.05) is 24.1 Å². The summed E-state index contributed by atoms with van der Waals surface area (Å²) in [5, 5.41) is 12.4. The Kier molecular flexibility index (Phi) is 4.82. The van der Waals surface area contributed by atoms with E-state index in [1.165, 1.54) is 6.20 Å². The van der Waals surface area contributed by atoms with Gasteiger partial charge >= 0.3 is 0 Å². The molecule has 1 amide bonds. The Hall–Kier alpha value is -2.71. The zero-order valence-corrected chi connectivity index (χ0v) is 14.2. The minimum atomic E-state index is -0.737. The van der Waals surface area contributed by atoms with E-state index < -0.39 is 5.54 Å². The number of hydrogen-bond donors (Lipinski definition) is 1. The van der Waals surface area contributed by atoms with Gasteiger partial charge in [0.2, 0.25) is 0 Å². The fraction of sp³-hybridized carbons (Fsp3) is 0.263. The van der Waals surface area contributed by atoms with Crippen LogP contribution in [0.15, 0.2) is 42.6 Å². The molecule has 0 bridgehead atoms. The van der Waals surface area contributed by atoms with Crippen LogP contribution < -0.4 is 5.32 Å². The summed E-state index contributed by atoms with van der Waals surface area (Å²) in [4.78, 5) is 28.5. The lowest BCUT2D eigenvalue weighted by Crippen LogP contribution is -2.36. The number of Topliss-reactive ketones (excluding diaryl/α,β-unsaturated/α-hetero) is 1. The lowest BCUT2D eigenvalue weighted by atomic mass is 10.0. The number of carbonyl (C=O) groups is 2. The van der Waals surface area contributed by atoms with Gasteiger partial charge in [-0.3, -0.25) is 14.6 Å². The average Bonchev–Trinajstić information content (AvgIpc) is 3.37. The number of hydrogen-bond acceptors (Lipinski definition) is 4. The molecule has 0 aliphatic heterocycles. The van der Waals surface area contributed by atoms with Gasteiger partial charge in [-0.05, 0) is 48.2 Å². The van der Waals surface area contributed by atoms with Crippen LogP contribution in [-0.2, 0) is 17.6 Å². The fourth-order valence-electron chi connectivity index (χ4n) is 2.50. The highest BCUT2D eigenvalue weighted by molar-refractivity contribution is 6.30. The zero-order chi connectivity index (χ0) is 17.9. The summed E-state index contributed by atoms with van der Waals surface area (Å²) in [7, 11) is 0. The molecule has 1 heterocycles. The molecule has 1 aromatic heterocycles. The molecule has 0 unspecified atom stereocenters. The summed E-state index contributed by atoms with van der Waals surface area (Å²) in [5.41, 5.74) is 1.10. The molecule has 1 aromatic carbocycles. The van der Waals surface area contributed by atoms with Crippen molar-refractivity contribution in [3.8, 4) is 6.07 Å². The third-order valence-corrected chi connectivity index (χ3v) is 4.34. The zero-order valence-electron chi connectivity index (χ0n) is 13.5. The van der Waals surface area contributed by atoms with E-state index in [2.05, 4.69) is 16.4 Å². The molecule has 3 rings (SSSR count). The van der Waals surface area contributed by atoms with Gasteiger partial charge in [-0.15, -0.1) is 0 Å². The third kappa shape index (κ3) is 4.43. The highest BCUT2D eigenvalue weighted by Gasteiger charge is 2.44. The summed E-state index contributed by atoms with van der Waals surface area (Å²) in [6.07, 6.45) is 3.35. The average molecular weight is 354 g/mol. The standard InChI is InChI=1S/C19H16ClN3O2/c20-15-3-1-13(2-4-15)9-16(24)10-14-5-8-22-17(11-14)18(25)23-19(12-21)6-7-19/h1-5,8,11H,6-7,9-10H2,(H,23,25). The van der Waals surface area contributed by atoms with Gasteiger partial charge in [-0.1, -0.05) is 23.7 Å². The minimum Gasteiger partial charge on any atom is -0.332 e. The summed E-state index contributed by atoms with van der Waals surface area (Å²) in [6, 6.07) is 12.6. The number of amides is 1. The van der Waals surface area contributed by atoms with Gasteiger partial charge in [-0.2, -0.15) is 5.26 Å². The van der Waals surface area contributed by atoms with E-state index in [4.69, 9.17) is 16.9 Å². The maximum absolute atomic E-state index is 12.2. The minimum absolute atomic E-state index is 0.0376. The first kappa shape index (κ1) is 17.1. The Bertz CT molecular complexity index is 852. The summed E-state index contributed by atoms with van der Waals surface area (Å²) in [5.74, 6) is -0.346. The maximum atomic E-state index is 12.2. The molecule has 1 saturated carbocycles. The SMILES string of the molecule is N#CC1(NC(=O)c2cc(CC(=O)Cc3ccc(Cl)cc3)ccn2)CC1. The number of pyridine rings is 1. The van der Waals surface area contributed by atoms with Gasteiger partial charge in [-0.25, -0.2) is 0 Å². The van der Waals surface area contributed by atoms with Gasteiger partial charge in [0.15, 0.2) is 0 Å². The van der Waals surface area contributed by atoms with Gasteiger partial charge in [0.25, 0.3) is 5.91 Å². The quantitative estimate of drug-likeness (QED) is 0.865. The normalized spacial score (nSPS) is 14.4. The predicted molar refractivity (Wildman–Crippen MR) is 93.1 cm³/mol. The molecule has 5 nitrogen and oxygen atoms in total. The second-order valence-corrected chi connectivity index (χ2v) is 6.65. The van der Waals surface area contributed by atoms with Gasteiger partial charge in [0.05, 0.1) is 6.07 Å². The number of carbonyl (C=O) groups excluding carboxylic acids is 2. The molecule has 1 aliphatic rings. The maximum Gasteiger partial charge on any atom is 0.271 e. The Morgan fingerprint density at radius 3 is 2.48 bits per heavy atom. The third-order valence-electron chi connectivity index (χ3n) is 4.09. The first-order valence-corrected chi connectivity index (χ1v) is 8.32. The molecule has 1 N–H and O–H groups in total. The second kappa shape index (κ2) is 7.04. The monoisotopic (exact) mass is 353 g/mol. The van der Waals surface area contributed by atoms with E-state index in [1.807, 2.05) is 12.1 Å². The van der Waals surface area contributed by atoms with Crippen molar-refractivity contribution in [1.29, 1.82) is 5.26 Å². The van der Waals surface area contributed by atoms with E-state index >= 15 is 0 Å². The van der Waals surface area contributed by atoms with E-state index in [0.717, 1.165) is 11.1 Å². The number of nitrogens with zero attached hydrogens (tertiary/aromatic N) is 2. The van der Waals surface area contributed by atoms with Crippen LogP contribution in [0.4, 0.5) is 0 Å². The van der Waals surface area contributed by atoms with Crippen LogP contribution in [0, 0.1) is 11.3 Å². The summed E-state index contributed by atoms with van der Waals surface area (Å²) < 4.78 is 0. The smallest absolute Gasteiger partial charge is 0.271 e. The lowest BCUT2D eigenvalue weighted by Gasteiger charge is -2.09. The number of nitriles is 1. The van der Waals surface area contributed by atoms with E-state index in [9.17, 15) is 9.59 Å². The van der Waals surface area contributed by atoms with Crippen LogP contribution in [0.5, 0.6) is 0 Å². The molecule has 2 aromatic rings. The highest BCUT2D eigenvalue weighted by atomic mass is 35.5. The van der Waals surface area contributed by atoms with E-state index in [0.29, 0.717) is 24.3 Å². The van der Waals surface area contributed by atoms with Crippen molar-refractivity contribution in [3.05, 3.63) is 64.4 Å².